The van der Waals surface area contributed by atoms with Crippen LogP contribution in [-0.2, 0) is 4.74 Å². The largest absolute Gasteiger partial charge is 0.462 e. The molecule has 0 bridgehead atoms. The standard InChI is InChI=1S/C12H12IN5O2/c1-2-20-12(19)8-5-7(13)3-4-9(8)17-18-10(6-14)11(15)16/h3-5,17H,2H2,1H3,(H3,15,16)/b18-10+. The molecule has 0 spiro atoms. The van der Waals surface area contributed by atoms with Gasteiger partial charge in [-0.2, -0.15) is 10.4 Å². The molecule has 0 aromatic heterocycles. The Bertz CT molecular complexity index is 606. The minimum atomic E-state index is -0.495. The Hall–Kier alpha value is -2.15. The van der Waals surface area contributed by atoms with Crippen molar-refractivity contribution >= 4 is 45.8 Å². The molecule has 4 N–H and O–H groups in total. The second-order valence-electron chi connectivity index (χ2n) is 3.51. The van der Waals surface area contributed by atoms with E-state index >= 15 is 0 Å². The summed E-state index contributed by atoms with van der Waals surface area (Å²) in [5, 5.41) is 19.6. The molecule has 20 heavy (non-hydrogen) atoms. The maximum Gasteiger partial charge on any atom is 0.340 e. The highest BCUT2D eigenvalue weighted by molar-refractivity contribution is 14.1. The summed E-state index contributed by atoms with van der Waals surface area (Å²) < 4.78 is 5.80. The van der Waals surface area contributed by atoms with Crippen LogP contribution in [0.4, 0.5) is 5.69 Å². The van der Waals surface area contributed by atoms with Crippen LogP contribution in [-0.4, -0.2) is 24.1 Å². The van der Waals surface area contributed by atoms with E-state index in [-0.39, 0.29) is 12.3 Å². The molecule has 1 aromatic carbocycles. The number of anilines is 1. The van der Waals surface area contributed by atoms with Crippen molar-refractivity contribution < 1.29 is 9.53 Å². The Morgan fingerprint density at radius 1 is 1.65 bits per heavy atom. The molecule has 0 saturated carbocycles. The molecular formula is C12H12IN5O2. The topological polar surface area (TPSA) is 124 Å². The number of rotatable bonds is 5. The maximum absolute atomic E-state index is 11.8. The number of nitrogens with two attached hydrogens (primary N) is 1. The number of carbonyl (C=O) groups excluding carboxylic acids is 1. The van der Waals surface area contributed by atoms with E-state index in [4.69, 9.17) is 21.1 Å². The van der Waals surface area contributed by atoms with Crippen LogP contribution in [0.1, 0.15) is 17.3 Å². The number of halogens is 1. The lowest BCUT2D eigenvalue weighted by molar-refractivity contribution is 0.0527. The average molecular weight is 385 g/mol. The summed E-state index contributed by atoms with van der Waals surface area (Å²) in [6.45, 7) is 1.96. The van der Waals surface area contributed by atoms with Crippen LogP contribution in [0.15, 0.2) is 23.3 Å². The van der Waals surface area contributed by atoms with E-state index in [0.29, 0.717) is 11.3 Å². The molecule has 8 heteroatoms. The monoisotopic (exact) mass is 385 g/mol. The predicted molar refractivity (Wildman–Crippen MR) is 83.7 cm³/mol. The fourth-order valence-electron chi connectivity index (χ4n) is 1.25. The fraction of sp³-hybridized carbons (Fsp3) is 0.167. The van der Waals surface area contributed by atoms with Crippen LogP contribution in [0.3, 0.4) is 0 Å². The van der Waals surface area contributed by atoms with Gasteiger partial charge in [0, 0.05) is 3.57 Å². The van der Waals surface area contributed by atoms with E-state index in [1.54, 1.807) is 31.2 Å². The van der Waals surface area contributed by atoms with Gasteiger partial charge in [0.15, 0.2) is 5.84 Å². The third-order valence-corrected chi connectivity index (χ3v) is 2.80. The zero-order valence-corrected chi connectivity index (χ0v) is 12.8. The predicted octanol–water partition coefficient (Wildman–Crippen LogP) is 1.70. The molecule has 0 aliphatic heterocycles. The van der Waals surface area contributed by atoms with Crippen molar-refractivity contribution in [3.05, 3.63) is 27.3 Å². The minimum Gasteiger partial charge on any atom is -0.462 e. The van der Waals surface area contributed by atoms with Gasteiger partial charge in [0.25, 0.3) is 0 Å². The molecule has 0 saturated heterocycles. The zero-order chi connectivity index (χ0) is 15.1. The van der Waals surface area contributed by atoms with Gasteiger partial charge in [0.2, 0.25) is 5.71 Å². The summed E-state index contributed by atoms with van der Waals surface area (Å²) in [4.78, 5) is 11.8. The third-order valence-electron chi connectivity index (χ3n) is 2.13. The number of nitriles is 1. The highest BCUT2D eigenvalue weighted by Crippen LogP contribution is 2.20. The molecule has 104 valence electrons. The molecule has 1 aromatic rings. The number of esters is 1. The van der Waals surface area contributed by atoms with Crippen LogP contribution >= 0.6 is 22.6 Å². The molecule has 1 rings (SSSR count). The third kappa shape index (κ3) is 4.20. The van der Waals surface area contributed by atoms with Gasteiger partial charge in [-0.15, -0.1) is 0 Å². The van der Waals surface area contributed by atoms with E-state index in [2.05, 4.69) is 33.1 Å². The van der Waals surface area contributed by atoms with Crippen molar-refractivity contribution in [1.82, 2.24) is 0 Å². The first-order valence-corrected chi connectivity index (χ1v) is 6.62. The van der Waals surface area contributed by atoms with Crippen LogP contribution in [0.25, 0.3) is 0 Å². The van der Waals surface area contributed by atoms with Crippen molar-refractivity contribution in [1.29, 1.82) is 10.7 Å². The fourth-order valence-corrected chi connectivity index (χ4v) is 1.74. The summed E-state index contributed by atoms with van der Waals surface area (Å²) in [7, 11) is 0. The number of nitrogens with zero attached hydrogens (tertiary/aromatic N) is 2. The molecule has 0 aliphatic carbocycles. The lowest BCUT2D eigenvalue weighted by Crippen LogP contribution is -2.22. The first-order chi connectivity index (χ1) is 9.49. The van der Waals surface area contributed by atoms with Gasteiger partial charge in [-0.05, 0) is 47.7 Å². The molecular weight excluding hydrogens is 373 g/mol. The number of nitrogens with one attached hydrogen (secondary N) is 2. The molecule has 0 aliphatic rings. The smallest absolute Gasteiger partial charge is 0.340 e. The van der Waals surface area contributed by atoms with Gasteiger partial charge < -0.3 is 10.5 Å². The summed E-state index contributed by atoms with van der Waals surface area (Å²) >= 11 is 2.07. The van der Waals surface area contributed by atoms with Crippen molar-refractivity contribution in [2.24, 2.45) is 10.8 Å². The van der Waals surface area contributed by atoms with Gasteiger partial charge in [-0.25, -0.2) is 4.79 Å². The Morgan fingerprint density at radius 2 is 2.35 bits per heavy atom. The molecule has 0 heterocycles. The number of amidine groups is 1. The SMILES string of the molecule is CCOC(=O)c1cc(I)ccc1N/N=C(\C#N)C(=N)N. The molecule has 0 atom stereocenters. The van der Waals surface area contributed by atoms with Crippen molar-refractivity contribution in [3.8, 4) is 6.07 Å². The van der Waals surface area contributed by atoms with E-state index in [0.717, 1.165) is 3.57 Å². The van der Waals surface area contributed by atoms with Crippen molar-refractivity contribution in [2.75, 3.05) is 12.0 Å². The molecule has 0 fully saturated rings. The molecule has 0 radical (unpaired) electrons. The second kappa shape index (κ2) is 7.44. The second-order valence-corrected chi connectivity index (χ2v) is 4.75. The lowest BCUT2D eigenvalue weighted by atomic mass is 10.2. The van der Waals surface area contributed by atoms with Crippen LogP contribution in [0, 0.1) is 20.3 Å². The van der Waals surface area contributed by atoms with Crippen LogP contribution < -0.4 is 11.2 Å². The number of benzene rings is 1. The van der Waals surface area contributed by atoms with E-state index in [1.165, 1.54) is 0 Å². The normalized spacial score (nSPS) is 10.6. The van der Waals surface area contributed by atoms with Crippen LogP contribution in [0.2, 0.25) is 0 Å². The summed E-state index contributed by atoms with van der Waals surface area (Å²) in [5.74, 6) is -0.951. The van der Waals surface area contributed by atoms with Gasteiger partial charge >= 0.3 is 5.97 Å². The summed E-state index contributed by atoms with van der Waals surface area (Å²) in [5.41, 5.74) is 8.13. The number of carbonyl (C=O) groups is 1. The number of hydrogen-bond donors (Lipinski definition) is 3. The molecule has 0 amide bonds. The zero-order valence-electron chi connectivity index (χ0n) is 10.6. The average Bonchev–Trinajstić information content (AvgIpc) is 2.40. The first-order valence-electron chi connectivity index (χ1n) is 5.54. The maximum atomic E-state index is 11.8. The Morgan fingerprint density at radius 3 is 2.90 bits per heavy atom. The van der Waals surface area contributed by atoms with Crippen molar-refractivity contribution in [2.45, 2.75) is 6.92 Å². The Balaban J connectivity index is 3.10. The van der Waals surface area contributed by atoms with E-state index in [1.807, 2.05) is 0 Å². The van der Waals surface area contributed by atoms with Crippen molar-refractivity contribution in [3.63, 3.8) is 0 Å². The summed E-state index contributed by atoms with van der Waals surface area (Å²) in [6.07, 6.45) is 0. The lowest BCUT2D eigenvalue weighted by Gasteiger charge is -2.09. The van der Waals surface area contributed by atoms with Gasteiger partial charge in [0.05, 0.1) is 17.9 Å². The molecule has 7 nitrogen and oxygen atoms in total. The van der Waals surface area contributed by atoms with E-state index in [9.17, 15) is 4.79 Å². The Labute approximate surface area is 129 Å². The highest BCUT2D eigenvalue weighted by Gasteiger charge is 2.13. The number of hydrazone groups is 1. The Kier molecular flexibility index (Phi) is 5.92. The highest BCUT2D eigenvalue weighted by atomic mass is 127. The number of hydrogen-bond acceptors (Lipinski definition) is 6. The van der Waals surface area contributed by atoms with E-state index < -0.39 is 11.8 Å². The molecule has 0 unspecified atom stereocenters. The van der Waals surface area contributed by atoms with Gasteiger partial charge in [-0.1, -0.05) is 0 Å². The van der Waals surface area contributed by atoms with Gasteiger partial charge in [0.1, 0.15) is 6.07 Å². The number of ether oxygens (including phenoxy) is 1. The summed E-state index contributed by atoms with van der Waals surface area (Å²) in [6, 6.07) is 6.71. The first kappa shape index (κ1) is 15.9. The van der Waals surface area contributed by atoms with Crippen LogP contribution in [0.5, 0.6) is 0 Å². The van der Waals surface area contributed by atoms with Gasteiger partial charge in [-0.3, -0.25) is 10.8 Å². The quantitative estimate of drug-likeness (QED) is 0.234. The minimum absolute atomic E-state index is 0.254.